The fraction of sp³-hybridized carbons (Fsp3) is 0.258. The molecule has 1 fully saturated rings. The average Bonchev–Trinajstić information content (AvgIpc) is 2.97. The molecule has 43 heavy (non-hydrogen) atoms. The molecule has 0 radical (unpaired) electrons. The number of anilines is 1. The van der Waals surface area contributed by atoms with Gasteiger partial charge in [0.2, 0.25) is 0 Å². The maximum absolute atomic E-state index is 15.5. The number of rotatable bonds is 7. The van der Waals surface area contributed by atoms with E-state index in [4.69, 9.17) is 38.4 Å². The number of hydrogen-bond donors (Lipinski definition) is 2. The number of carboxylic acid groups (broad SMARTS) is 1. The van der Waals surface area contributed by atoms with Crippen LogP contribution >= 0.6 is 23.2 Å². The topological polar surface area (TPSA) is 118 Å². The summed E-state index contributed by atoms with van der Waals surface area (Å²) in [6.45, 7) is 2.77. The summed E-state index contributed by atoms with van der Waals surface area (Å²) in [5.41, 5.74) is 7.99. The number of likely N-dealkylation sites (N-methyl/N-ethyl adjacent to an activating group) is 1. The number of carbonyl (C=O) groups excluding carboxylic acids is 1. The third-order valence-electron chi connectivity index (χ3n) is 7.75. The van der Waals surface area contributed by atoms with Gasteiger partial charge in [0.15, 0.2) is 6.73 Å². The van der Waals surface area contributed by atoms with Crippen LogP contribution in [0, 0.1) is 5.82 Å². The van der Waals surface area contributed by atoms with Crippen molar-refractivity contribution in [3.8, 4) is 16.9 Å². The minimum Gasteiger partial charge on any atom is -0.478 e. The Labute approximate surface area is 257 Å². The third kappa shape index (κ3) is 5.53. The number of halogens is 3. The second-order valence-electron chi connectivity index (χ2n) is 10.6. The highest BCUT2D eigenvalue weighted by molar-refractivity contribution is 6.40. The molecule has 1 amide bonds. The van der Waals surface area contributed by atoms with Crippen molar-refractivity contribution in [3.63, 3.8) is 0 Å². The number of para-hydroxylation sites is 1. The predicted molar refractivity (Wildman–Crippen MR) is 165 cm³/mol. The number of aromatic carboxylic acids is 1. The van der Waals surface area contributed by atoms with Crippen molar-refractivity contribution in [3.05, 3.63) is 86.8 Å². The van der Waals surface area contributed by atoms with Crippen molar-refractivity contribution < 1.29 is 28.6 Å². The van der Waals surface area contributed by atoms with Crippen LogP contribution in [0.25, 0.3) is 16.7 Å². The first kappa shape index (κ1) is 30.3. The number of fused-ring (bicyclic) bond motifs is 1. The number of amides is 1. The van der Waals surface area contributed by atoms with Gasteiger partial charge in [-0.05, 0) is 36.8 Å². The number of hydrogen-bond acceptors (Lipinski definition) is 7. The average molecular weight is 628 g/mol. The molecule has 224 valence electrons. The van der Waals surface area contributed by atoms with Crippen molar-refractivity contribution in [2.24, 2.45) is 10.7 Å². The highest BCUT2D eigenvalue weighted by atomic mass is 35.5. The number of benzene rings is 3. The second-order valence-corrected chi connectivity index (χ2v) is 11.4. The molecule has 0 spiro atoms. The summed E-state index contributed by atoms with van der Waals surface area (Å²) in [6.07, 6.45) is 2.92. The Balaban J connectivity index is 1.48. The summed E-state index contributed by atoms with van der Waals surface area (Å²) in [5.74, 6) is -2.00. The summed E-state index contributed by atoms with van der Waals surface area (Å²) in [4.78, 5) is 32.8. The molecule has 12 heteroatoms. The molecule has 3 aromatic rings. The molecule has 5 rings (SSSR count). The van der Waals surface area contributed by atoms with E-state index in [1.54, 1.807) is 55.5 Å². The molecule has 0 bridgehead atoms. The number of carboxylic acids is 1. The van der Waals surface area contributed by atoms with Gasteiger partial charge in [-0.25, -0.2) is 9.18 Å². The summed E-state index contributed by atoms with van der Waals surface area (Å²) in [6, 6.07) is 10.9. The largest absolute Gasteiger partial charge is 0.478 e. The third-order valence-corrected chi connectivity index (χ3v) is 8.35. The molecular weight excluding hydrogens is 598 g/mol. The number of nitrogens with two attached hydrogens (primary N) is 1. The fourth-order valence-electron chi connectivity index (χ4n) is 5.17. The van der Waals surface area contributed by atoms with Crippen molar-refractivity contribution in [1.82, 2.24) is 4.90 Å². The van der Waals surface area contributed by atoms with Gasteiger partial charge in [0, 0.05) is 48.8 Å². The molecule has 0 aromatic heterocycles. The van der Waals surface area contributed by atoms with Crippen LogP contribution in [0.15, 0.2) is 53.7 Å². The summed E-state index contributed by atoms with van der Waals surface area (Å²) in [7, 11) is 3.37. The van der Waals surface area contributed by atoms with Gasteiger partial charge in [0.05, 0.1) is 52.2 Å². The lowest BCUT2D eigenvalue weighted by atomic mass is 9.93. The Bertz CT molecular complexity index is 1670. The summed E-state index contributed by atoms with van der Waals surface area (Å²) in [5, 5.41) is 10.1. The maximum atomic E-state index is 15.5. The molecule has 3 N–H and O–H groups in total. The molecule has 2 aliphatic heterocycles. The van der Waals surface area contributed by atoms with Crippen LogP contribution in [0.3, 0.4) is 0 Å². The molecule has 0 unspecified atom stereocenters. The van der Waals surface area contributed by atoms with Crippen molar-refractivity contribution in [1.29, 1.82) is 0 Å². The Morgan fingerprint density at radius 2 is 1.86 bits per heavy atom. The van der Waals surface area contributed by atoms with E-state index in [1.165, 1.54) is 17.2 Å². The summed E-state index contributed by atoms with van der Waals surface area (Å²) >= 11 is 13.0. The number of aliphatic imine (C=N–C) groups is 1. The normalized spacial score (nSPS) is 16.0. The number of carbonyl (C=O) groups is 2. The lowest BCUT2D eigenvalue weighted by Gasteiger charge is -2.47. The van der Waals surface area contributed by atoms with Crippen LogP contribution in [-0.4, -0.2) is 67.7 Å². The van der Waals surface area contributed by atoms with Crippen LogP contribution in [-0.2, 0) is 11.3 Å². The Kier molecular flexibility index (Phi) is 8.38. The number of ether oxygens (including phenoxy) is 2. The van der Waals surface area contributed by atoms with E-state index in [2.05, 4.69) is 4.99 Å². The van der Waals surface area contributed by atoms with Crippen LogP contribution in [0.4, 0.5) is 10.1 Å². The lowest BCUT2D eigenvalue weighted by molar-refractivity contribution is -0.0455. The van der Waals surface area contributed by atoms with Gasteiger partial charge in [-0.15, -0.1) is 0 Å². The van der Waals surface area contributed by atoms with Gasteiger partial charge < -0.3 is 30.1 Å². The first-order chi connectivity index (χ1) is 20.5. The Hall–Kier alpha value is -4.12. The standard InChI is InChI=1S/C31H29Cl2FN4O5/c1-31(14-42-15-31)37(3)26-10-21(25(34)9-22(26)30(40)41)20-6-4-5-17-13-38(16-43-28(17)20)29(39)27-23(32)7-18(8-24(27)33)19(11-35)12-36-2/h4-12H,13-16,35H2,1-3H3,(H,40,41). The highest BCUT2D eigenvalue weighted by Gasteiger charge is 2.39. The van der Waals surface area contributed by atoms with Gasteiger partial charge in [0.1, 0.15) is 11.6 Å². The molecule has 0 atom stereocenters. The zero-order valence-electron chi connectivity index (χ0n) is 23.7. The van der Waals surface area contributed by atoms with Crippen LogP contribution in [0.5, 0.6) is 5.75 Å². The first-order valence-electron chi connectivity index (χ1n) is 13.2. The highest BCUT2D eigenvalue weighted by Crippen LogP contribution is 2.42. The molecule has 2 aliphatic rings. The second kappa shape index (κ2) is 11.9. The van der Waals surface area contributed by atoms with Crippen LogP contribution < -0.4 is 15.4 Å². The minimum atomic E-state index is -1.24. The molecule has 0 aliphatic carbocycles. The van der Waals surface area contributed by atoms with E-state index in [-0.39, 0.29) is 40.0 Å². The molecule has 0 saturated carbocycles. The van der Waals surface area contributed by atoms with Crippen LogP contribution in [0.1, 0.15) is 38.8 Å². The first-order valence-corrected chi connectivity index (χ1v) is 14.0. The van der Waals surface area contributed by atoms with E-state index in [9.17, 15) is 14.7 Å². The smallest absolute Gasteiger partial charge is 0.337 e. The van der Waals surface area contributed by atoms with E-state index in [0.29, 0.717) is 46.9 Å². The van der Waals surface area contributed by atoms with E-state index < -0.39 is 23.2 Å². The SMILES string of the molecule is CN=CC(=CN)c1cc(Cl)c(C(=O)N2COc3c(cccc3-c3cc(N(C)C4(C)COC4)c(C(=O)O)cc3F)C2)c(Cl)c1. The number of nitrogens with zero attached hydrogens (tertiary/aromatic N) is 3. The van der Waals surface area contributed by atoms with Gasteiger partial charge >= 0.3 is 5.97 Å². The summed E-state index contributed by atoms with van der Waals surface area (Å²) < 4.78 is 26.9. The van der Waals surface area contributed by atoms with Gasteiger partial charge in [0.25, 0.3) is 5.91 Å². The molecule has 2 heterocycles. The molecular formula is C31H29Cl2FN4O5. The maximum Gasteiger partial charge on any atom is 0.337 e. The van der Waals surface area contributed by atoms with Crippen molar-refractivity contribution in [2.45, 2.75) is 19.0 Å². The van der Waals surface area contributed by atoms with E-state index in [1.807, 2.05) is 6.92 Å². The Morgan fingerprint density at radius 1 is 1.16 bits per heavy atom. The predicted octanol–water partition coefficient (Wildman–Crippen LogP) is 5.72. The van der Waals surface area contributed by atoms with Gasteiger partial charge in [-0.1, -0.05) is 41.4 Å². The fourth-order valence-corrected chi connectivity index (χ4v) is 5.82. The van der Waals surface area contributed by atoms with Gasteiger partial charge in [-0.2, -0.15) is 0 Å². The van der Waals surface area contributed by atoms with Gasteiger partial charge in [-0.3, -0.25) is 9.79 Å². The Morgan fingerprint density at radius 3 is 2.44 bits per heavy atom. The zero-order valence-corrected chi connectivity index (χ0v) is 25.2. The molecule has 9 nitrogen and oxygen atoms in total. The van der Waals surface area contributed by atoms with Crippen molar-refractivity contribution >= 4 is 52.6 Å². The lowest BCUT2D eigenvalue weighted by Crippen LogP contribution is -2.59. The monoisotopic (exact) mass is 626 g/mol. The minimum absolute atomic E-state index is 0.108. The zero-order chi connectivity index (χ0) is 31.1. The van der Waals surface area contributed by atoms with E-state index in [0.717, 1.165) is 6.07 Å². The molecule has 1 saturated heterocycles. The van der Waals surface area contributed by atoms with Crippen LogP contribution in [0.2, 0.25) is 10.0 Å². The number of allylic oxidation sites excluding steroid dienone is 1. The quantitative estimate of drug-likeness (QED) is 0.322. The van der Waals surface area contributed by atoms with Crippen molar-refractivity contribution in [2.75, 3.05) is 38.9 Å². The molecule has 3 aromatic carbocycles. The van der Waals surface area contributed by atoms with E-state index >= 15 is 4.39 Å².